The quantitative estimate of drug-likeness (QED) is 0.253. The first-order valence-electron chi connectivity index (χ1n) is 13.6. The molecule has 0 bridgehead atoms. The molecule has 0 unspecified atom stereocenters. The zero-order chi connectivity index (χ0) is 30.7. The molecular weight excluding hydrogens is 520 g/mol. The Balaban J connectivity index is 1.96. The molecule has 1 aromatic carbocycles. The Morgan fingerprint density at radius 3 is 2.05 bits per heavy atom. The molecule has 0 aliphatic rings. The fourth-order valence-corrected chi connectivity index (χ4v) is 4.70. The number of amides is 1. The number of aryl methyl sites for hydroxylation is 3. The van der Waals surface area contributed by atoms with Crippen LogP contribution in [-0.2, 0) is 18.2 Å². The van der Waals surface area contributed by atoms with Crippen LogP contribution in [-0.4, -0.2) is 36.2 Å². The number of H-pyrrole nitrogens is 1. The van der Waals surface area contributed by atoms with E-state index in [2.05, 4.69) is 15.3 Å². The molecule has 3 heterocycles. The lowest BCUT2D eigenvalue weighted by atomic mass is 9.94. The number of carbonyl (C=O) groups excluding carboxylic acids is 1. The zero-order valence-electron chi connectivity index (χ0n) is 25.5. The van der Waals surface area contributed by atoms with E-state index in [1.165, 1.54) is 4.57 Å². The van der Waals surface area contributed by atoms with Crippen LogP contribution in [0.25, 0.3) is 22.0 Å². The minimum Gasteiger partial charge on any atom is -0.438 e. The molecule has 1 amide bonds. The average molecular weight is 561 g/mol. The van der Waals surface area contributed by atoms with Crippen molar-refractivity contribution in [1.82, 2.24) is 19.9 Å². The normalized spacial score (nSPS) is 12.6. The van der Waals surface area contributed by atoms with Crippen molar-refractivity contribution in [3.63, 3.8) is 0 Å². The predicted octanol–water partition coefficient (Wildman–Crippen LogP) is 5.32. The SMILES string of the molecule is Cc1cc(C(C)(C)O)cc(C)c1Oc1ncc(C(C)(C)O)cc1-c1cn(C)c(=O)c2[nH]c(C(=O)NC(C)(C)C)cc12. The van der Waals surface area contributed by atoms with Crippen molar-refractivity contribution in [2.75, 3.05) is 0 Å². The summed E-state index contributed by atoms with van der Waals surface area (Å²) in [6.07, 6.45) is 3.24. The van der Waals surface area contributed by atoms with Crippen LogP contribution >= 0.6 is 0 Å². The average Bonchev–Trinajstić information content (AvgIpc) is 3.27. The van der Waals surface area contributed by atoms with Gasteiger partial charge in [0.1, 0.15) is 17.0 Å². The van der Waals surface area contributed by atoms with Gasteiger partial charge in [-0.2, -0.15) is 0 Å². The van der Waals surface area contributed by atoms with Gasteiger partial charge in [0.25, 0.3) is 11.5 Å². The largest absolute Gasteiger partial charge is 0.438 e. The van der Waals surface area contributed by atoms with E-state index < -0.39 is 16.7 Å². The first-order chi connectivity index (χ1) is 18.8. The van der Waals surface area contributed by atoms with Gasteiger partial charge in [0.2, 0.25) is 5.88 Å². The van der Waals surface area contributed by atoms with Crippen molar-refractivity contribution in [1.29, 1.82) is 0 Å². The van der Waals surface area contributed by atoms with E-state index in [4.69, 9.17) is 4.74 Å². The smallest absolute Gasteiger partial charge is 0.274 e. The van der Waals surface area contributed by atoms with Crippen LogP contribution < -0.4 is 15.6 Å². The standard InChI is InChI=1S/C32H40N4O5/c1-17-11-19(31(6,7)39)12-18(2)26(17)41-28-22(13-20(15-33-28)32(8,9)40)23-16-36(10)29(38)25-21(23)14-24(34-25)27(37)35-30(3,4)5/h11-16,34,39-40H,1-10H3,(H,35,37). The Kier molecular flexibility index (Phi) is 7.43. The summed E-state index contributed by atoms with van der Waals surface area (Å²) in [6, 6.07) is 7.20. The van der Waals surface area contributed by atoms with Gasteiger partial charge in [-0.1, -0.05) is 0 Å². The Hall–Kier alpha value is -3.95. The molecule has 0 aliphatic heterocycles. The summed E-state index contributed by atoms with van der Waals surface area (Å²) in [5.74, 6) is 0.518. The maximum absolute atomic E-state index is 13.1. The molecule has 0 radical (unpaired) electrons. The summed E-state index contributed by atoms with van der Waals surface area (Å²) >= 11 is 0. The highest BCUT2D eigenvalue weighted by Gasteiger charge is 2.25. The molecule has 0 fully saturated rings. The van der Waals surface area contributed by atoms with Crippen LogP contribution in [0.3, 0.4) is 0 Å². The predicted molar refractivity (Wildman–Crippen MR) is 160 cm³/mol. The highest BCUT2D eigenvalue weighted by Crippen LogP contribution is 2.40. The second-order valence-electron chi connectivity index (χ2n) is 12.9. The molecule has 0 spiro atoms. The fraction of sp³-hybridized carbons (Fsp3) is 0.406. The molecule has 0 atom stereocenters. The van der Waals surface area contributed by atoms with E-state index >= 15 is 0 Å². The number of pyridine rings is 2. The van der Waals surface area contributed by atoms with Gasteiger partial charge in [-0.05, 0) is 103 Å². The van der Waals surface area contributed by atoms with Crippen molar-refractivity contribution in [2.24, 2.45) is 7.05 Å². The van der Waals surface area contributed by atoms with E-state index in [0.717, 1.165) is 16.7 Å². The number of carbonyl (C=O) groups is 1. The van der Waals surface area contributed by atoms with E-state index in [-0.39, 0.29) is 28.6 Å². The van der Waals surface area contributed by atoms with Gasteiger partial charge >= 0.3 is 0 Å². The lowest BCUT2D eigenvalue weighted by Gasteiger charge is -2.23. The van der Waals surface area contributed by atoms with Crippen LogP contribution in [0.5, 0.6) is 11.6 Å². The van der Waals surface area contributed by atoms with E-state index in [1.54, 1.807) is 59.3 Å². The van der Waals surface area contributed by atoms with Crippen molar-refractivity contribution >= 4 is 16.8 Å². The van der Waals surface area contributed by atoms with Crippen LogP contribution in [0.15, 0.2) is 41.5 Å². The second-order valence-corrected chi connectivity index (χ2v) is 12.9. The number of aromatic amines is 1. The molecule has 218 valence electrons. The van der Waals surface area contributed by atoms with Crippen molar-refractivity contribution in [2.45, 2.75) is 79.1 Å². The first-order valence-corrected chi connectivity index (χ1v) is 13.6. The third-order valence-corrected chi connectivity index (χ3v) is 6.91. The number of nitrogens with one attached hydrogen (secondary N) is 2. The van der Waals surface area contributed by atoms with Gasteiger partial charge in [-0.25, -0.2) is 4.98 Å². The Bertz CT molecular complexity index is 1690. The maximum Gasteiger partial charge on any atom is 0.274 e. The van der Waals surface area contributed by atoms with Crippen molar-refractivity contribution < 1.29 is 19.7 Å². The second kappa shape index (κ2) is 10.2. The minimum atomic E-state index is -1.20. The fourth-order valence-electron chi connectivity index (χ4n) is 4.70. The third-order valence-electron chi connectivity index (χ3n) is 6.91. The molecular formula is C32H40N4O5. The molecule has 4 N–H and O–H groups in total. The number of rotatable bonds is 6. The summed E-state index contributed by atoms with van der Waals surface area (Å²) in [6.45, 7) is 16.2. The zero-order valence-corrected chi connectivity index (χ0v) is 25.5. The van der Waals surface area contributed by atoms with Gasteiger partial charge < -0.3 is 29.8 Å². The number of hydrogen-bond donors (Lipinski definition) is 4. The van der Waals surface area contributed by atoms with Gasteiger partial charge in [0.15, 0.2) is 0 Å². The molecule has 41 heavy (non-hydrogen) atoms. The molecule has 9 heteroatoms. The van der Waals surface area contributed by atoms with Gasteiger partial charge in [-0.3, -0.25) is 9.59 Å². The number of benzene rings is 1. The number of aromatic nitrogens is 3. The highest BCUT2D eigenvalue weighted by atomic mass is 16.5. The summed E-state index contributed by atoms with van der Waals surface area (Å²) in [7, 11) is 1.64. The summed E-state index contributed by atoms with van der Waals surface area (Å²) in [5, 5.41) is 24.8. The van der Waals surface area contributed by atoms with Crippen LogP contribution in [0, 0.1) is 13.8 Å². The van der Waals surface area contributed by atoms with E-state index in [9.17, 15) is 19.8 Å². The van der Waals surface area contributed by atoms with E-state index in [0.29, 0.717) is 27.8 Å². The summed E-state index contributed by atoms with van der Waals surface area (Å²) in [5.41, 5.74) is 1.63. The van der Waals surface area contributed by atoms with Gasteiger partial charge in [0.05, 0.1) is 11.2 Å². The number of ether oxygens (including phenoxy) is 1. The number of aliphatic hydroxyl groups is 2. The van der Waals surface area contributed by atoms with Gasteiger partial charge in [0, 0.05) is 47.1 Å². The number of hydrogen-bond acceptors (Lipinski definition) is 6. The number of nitrogens with zero attached hydrogens (tertiary/aromatic N) is 2. The molecule has 4 aromatic rings. The van der Waals surface area contributed by atoms with Crippen molar-refractivity contribution in [3.8, 4) is 22.8 Å². The topological polar surface area (TPSA) is 129 Å². The van der Waals surface area contributed by atoms with Gasteiger partial charge in [-0.15, -0.1) is 0 Å². The molecule has 0 saturated heterocycles. The molecule has 3 aromatic heterocycles. The molecule has 0 aliphatic carbocycles. The Morgan fingerprint density at radius 1 is 0.927 bits per heavy atom. The number of fused-ring (bicyclic) bond motifs is 1. The van der Waals surface area contributed by atoms with E-state index in [1.807, 2.05) is 46.8 Å². The monoisotopic (exact) mass is 560 g/mol. The Labute approximate surface area is 240 Å². The Morgan fingerprint density at radius 2 is 1.51 bits per heavy atom. The lowest BCUT2D eigenvalue weighted by Crippen LogP contribution is -2.40. The summed E-state index contributed by atoms with van der Waals surface area (Å²) in [4.78, 5) is 33.8. The van der Waals surface area contributed by atoms with Crippen LogP contribution in [0.1, 0.15) is 81.2 Å². The maximum atomic E-state index is 13.1. The molecule has 0 saturated carbocycles. The minimum absolute atomic E-state index is 0.252. The lowest BCUT2D eigenvalue weighted by molar-refractivity contribution is 0.0778. The summed E-state index contributed by atoms with van der Waals surface area (Å²) < 4.78 is 7.89. The molecule has 9 nitrogen and oxygen atoms in total. The third kappa shape index (κ3) is 6.21. The first kappa shape index (κ1) is 30.0. The van der Waals surface area contributed by atoms with Crippen molar-refractivity contribution in [3.05, 3.63) is 75.0 Å². The molecule has 4 rings (SSSR count). The van der Waals surface area contributed by atoms with Crippen LogP contribution in [0.2, 0.25) is 0 Å². The highest BCUT2D eigenvalue weighted by molar-refractivity contribution is 6.03. The van der Waals surface area contributed by atoms with Crippen LogP contribution in [0.4, 0.5) is 0 Å².